The fourth-order valence-electron chi connectivity index (χ4n) is 3.63. The van der Waals surface area contributed by atoms with E-state index in [4.69, 9.17) is 0 Å². The number of nitriles is 2. The van der Waals surface area contributed by atoms with Gasteiger partial charge >= 0.3 is 0 Å². The summed E-state index contributed by atoms with van der Waals surface area (Å²) in [6.07, 6.45) is 3.41. The highest BCUT2D eigenvalue weighted by molar-refractivity contribution is 7.11. The van der Waals surface area contributed by atoms with Crippen LogP contribution in [-0.4, -0.2) is 34.9 Å². The van der Waals surface area contributed by atoms with Crippen molar-refractivity contribution in [2.75, 3.05) is 0 Å². The number of nitrogens with zero attached hydrogens (tertiary/aromatic N) is 6. The van der Waals surface area contributed by atoms with Crippen LogP contribution in [0, 0.1) is 36.5 Å². The summed E-state index contributed by atoms with van der Waals surface area (Å²) >= 11 is 2.89. The minimum atomic E-state index is 0.545. The van der Waals surface area contributed by atoms with Crippen LogP contribution in [0.4, 0.5) is 0 Å². The molecule has 0 saturated carbocycles. The molecule has 0 N–H and O–H groups in total. The first-order valence-corrected chi connectivity index (χ1v) is 10.3. The first-order chi connectivity index (χ1) is 13.5. The second-order valence-corrected chi connectivity index (χ2v) is 8.17. The number of aromatic nitrogens is 4. The predicted molar refractivity (Wildman–Crippen MR) is 117 cm³/mol. The molecule has 28 heavy (non-hydrogen) atoms. The van der Waals surface area contributed by atoms with Crippen LogP contribution in [0.2, 0.25) is 0 Å². The molecule has 0 aliphatic carbocycles. The third-order valence-corrected chi connectivity index (χ3v) is 6.70. The standard InChI is InChI=1S/C18H14B2N6S2/c1-9-13-14(16(25(9)19)12(8-22)18-24-4-6-28-18)10(2)26(20)15(13)11(7-21)17-23-3-5-27-17/h3-6H,19-20H2,1-2H3/b15-11-,16-12-. The average Bonchev–Trinajstić information content (AvgIpc) is 3.47. The van der Waals surface area contributed by atoms with E-state index in [0.29, 0.717) is 21.2 Å². The zero-order valence-corrected chi connectivity index (χ0v) is 17.4. The zero-order valence-electron chi connectivity index (χ0n) is 15.8. The molecule has 0 fully saturated rings. The highest BCUT2D eigenvalue weighted by atomic mass is 32.1. The van der Waals surface area contributed by atoms with Gasteiger partial charge in [0.1, 0.15) is 33.3 Å². The van der Waals surface area contributed by atoms with E-state index in [1.165, 1.54) is 22.7 Å². The van der Waals surface area contributed by atoms with Crippen molar-refractivity contribution >= 4 is 60.6 Å². The Labute approximate surface area is 171 Å². The molecule has 134 valence electrons. The Bertz CT molecular complexity index is 1300. The van der Waals surface area contributed by atoms with Gasteiger partial charge in [0.15, 0.2) is 0 Å². The molecule has 6 nitrogen and oxygen atoms in total. The predicted octanol–water partition coefficient (Wildman–Crippen LogP) is 0.210. The number of rotatable bonds is 2. The summed E-state index contributed by atoms with van der Waals surface area (Å²) in [7, 11) is 3.91. The molecule has 0 aliphatic rings. The Hall–Kier alpha value is -3.07. The van der Waals surface area contributed by atoms with E-state index < -0.39 is 0 Å². The average molecular weight is 400 g/mol. The lowest BCUT2D eigenvalue weighted by atomic mass is 10.1. The van der Waals surface area contributed by atoms with Gasteiger partial charge in [-0.3, -0.25) is 0 Å². The lowest BCUT2D eigenvalue weighted by molar-refractivity contribution is 1.07. The highest BCUT2D eigenvalue weighted by Gasteiger charge is 2.21. The maximum atomic E-state index is 9.91. The maximum absolute atomic E-state index is 9.91. The molecule has 4 aromatic heterocycles. The number of hydrogen-bond donors (Lipinski definition) is 0. The van der Waals surface area contributed by atoms with Crippen molar-refractivity contribution in [2.24, 2.45) is 0 Å². The summed E-state index contributed by atoms with van der Waals surface area (Å²) in [4.78, 5) is 8.69. The van der Waals surface area contributed by atoms with Crippen molar-refractivity contribution in [3.63, 3.8) is 0 Å². The second kappa shape index (κ2) is 6.83. The van der Waals surface area contributed by atoms with E-state index in [0.717, 1.165) is 32.9 Å². The maximum Gasteiger partial charge on any atom is 0.223 e. The van der Waals surface area contributed by atoms with E-state index in [-0.39, 0.29) is 0 Å². The minimum absolute atomic E-state index is 0.545. The molecule has 0 radical (unpaired) electrons. The molecular formula is C18H14B2N6S2. The largest absolute Gasteiger partial charge is 0.395 e. The molecule has 0 bridgehead atoms. The van der Waals surface area contributed by atoms with Crippen LogP contribution in [-0.2, 0) is 0 Å². The number of hydrogen-bond acceptors (Lipinski definition) is 6. The van der Waals surface area contributed by atoms with Crippen LogP contribution in [0.25, 0.3) is 21.9 Å². The van der Waals surface area contributed by atoms with Crippen molar-refractivity contribution in [3.8, 4) is 12.1 Å². The lowest BCUT2D eigenvalue weighted by Crippen LogP contribution is -2.23. The molecule has 0 amide bonds. The molecule has 0 spiro atoms. The lowest BCUT2D eigenvalue weighted by Gasteiger charge is -2.05. The number of fused-ring (bicyclic) bond motifs is 1. The van der Waals surface area contributed by atoms with E-state index in [9.17, 15) is 10.5 Å². The first-order valence-electron chi connectivity index (χ1n) is 8.50. The summed E-state index contributed by atoms with van der Waals surface area (Å²) < 4.78 is 4.05. The topological polar surface area (TPSA) is 83.2 Å². The summed E-state index contributed by atoms with van der Waals surface area (Å²) in [5.41, 5.74) is 3.09. The Morgan fingerprint density at radius 1 is 0.857 bits per heavy atom. The smallest absolute Gasteiger partial charge is 0.223 e. The van der Waals surface area contributed by atoms with Crippen molar-refractivity contribution in [1.29, 1.82) is 10.5 Å². The summed E-state index contributed by atoms with van der Waals surface area (Å²) in [6.45, 7) is 4.03. The molecule has 0 saturated heterocycles. The van der Waals surface area contributed by atoms with E-state index in [1.54, 1.807) is 12.4 Å². The van der Waals surface area contributed by atoms with Crippen molar-refractivity contribution < 1.29 is 0 Å². The Morgan fingerprint density at radius 3 is 1.54 bits per heavy atom. The van der Waals surface area contributed by atoms with Gasteiger partial charge in [-0.15, -0.1) is 22.7 Å². The van der Waals surface area contributed by atoms with Crippen molar-refractivity contribution in [3.05, 3.63) is 55.3 Å². The fraction of sp³-hybridized carbons (Fsp3) is 0.111. The molecule has 4 rings (SSSR count). The summed E-state index contributed by atoms with van der Waals surface area (Å²) in [5.74, 6) is 0. The van der Waals surface area contributed by atoms with E-state index in [1.807, 2.05) is 49.5 Å². The number of thiazole rings is 2. The Balaban J connectivity index is 2.33. The van der Waals surface area contributed by atoms with Gasteiger partial charge in [0.05, 0.1) is 10.7 Å². The van der Waals surface area contributed by atoms with Crippen LogP contribution in [0.3, 0.4) is 0 Å². The second-order valence-electron chi connectivity index (χ2n) is 6.38. The molecule has 4 heterocycles. The SMILES string of the molecule is Bn1c(C)c2/c(=C(\C#N)c3nccs3)n(B)c(C)c2/c1=C(\C#N)c1nccs1. The van der Waals surface area contributed by atoms with Gasteiger partial charge in [-0.2, -0.15) is 10.5 Å². The van der Waals surface area contributed by atoms with Gasteiger partial charge in [0, 0.05) is 45.3 Å². The summed E-state index contributed by atoms with van der Waals surface area (Å²) in [6, 6.07) is 4.69. The monoisotopic (exact) mass is 400 g/mol. The molecule has 0 unspecified atom stereocenters. The normalized spacial score (nSPS) is 13.3. The third-order valence-electron chi connectivity index (χ3n) is 5.11. The minimum Gasteiger partial charge on any atom is -0.395 e. The van der Waals surface area contributed by atoms with Crippen LogP contribution >= 0.6 is 22.7 Å². The first kappa shape index (κ1) is 18.3. The van der Waals surface area contributed by atoms with E-state index in [2.05, 4.69) is 22.1 Å². The van der Waals surface area contributed by atoms with Crippen molar-refractivity contribution in [1.82, 2.24) is 18.9 Å². The van der Waals surface area contributed by atoms with Gasteiger partial charge in [0.2, 0.25) is 16.0 Å². The van der Waals surface area contributed by atoms with Gasteiger partial charge in [0.25, 0.3) is 0 Å². The third kappa shape index (κ3) is 2.46. The van der Waals surface area contributed by atoms with Crippen LogP contribution < -0.4 is 10.7 Å². The molecule has 0 aliphatic heterocycles. The van der Waals surface area contributed by atoms with Crippen molar-refractivity contribution in [2.45, 2.75) is 13.8 Å². The van der Waals surface area contributed by atoms with Gasteiger partial charge in [-0.05, 0) is 13.8 Å². The summed E-state index contributed by atoms with van der Waals surface area (Å²) in [5, 5.41) is 28.6. The van der Waals surface area contributed by atoms with Crippen LogP contribution in [0.5, 0.6) is 0 Å². The molecule has 10 heteroatoms. The molecule has 0 atom stereocenters. The highest BCUT2D eigenvalue weighted by Crippen LogP contribution is 2.23. The van der Waals surface area contributed by atoms with E-state index >= 15 is 0 Å². The molecular weight excluding hydrogens is 386 g/mol. The van der Waals surface area contributed by atoms with Gasteiger partial charge in [-0.1, -0.05) is 0 Å². The van der Waals surface area contributed by atoms with Gasteiger partial charge in [-0.25, -0.2) is 9.97 Å². The van der Waals surface area contributed by atoms with Crippen LogP contribution in [0.1, 0.15) is 21.4 Å². The fourth-order valence-corrected chi connectivity index (χ4v) is 4.90. The number of aryl methyl sites for hydroxylation is 2. The van der Waals surface area contributed by atoms with Crippen LogP contribution in [0.15, 0.2) is 23.2 Å². The van der Waals surface area contributed by atoms with Gasteiger partial charge < -0.3 is 8.96 Å². The molecule has 4 aromatic rings. The molecule has 0 aromatic carbocycles. The Kier molecular flexibility index (Phi) is 4.46. The Morgan fingerprint density at radius 2 is 1.25 bits per heavy atom. The quantitative estimate of drug-likeness (QED) is 0.451. The zero-order chi connectivity index (χ0) is 20.0.